The van der Waals surface area contributed by atoms with E-state index >= 15 is 0 Å². The largest absolute Gasteiger partial charge is 0.493 e. The third-order valence-corrected chi connectivity index (χ3v) is 5.03. The molecule has 1 aromatic heterocycles. The van der Waals surface area contributed by atoms with Gasteiger partial charge in [0.25, 0.3) is 5.91 Å². The standard InChI is InChI=1S/C19H25N5O5S/c1-4-6-7-8-29-16-14(24(26)27)9-12(10-15(16)28-3)11-21-23-18(25)17-13(5-2)22-19(20)30-17/h9-11H,4-8H2,1-3H3,(H2,20,22)(H,23,25)/b21-11-. The molecule has 162 valence electrons. The van der Waals surface area contributed by atoms with Crippen LogP contribution in [0.25, 0.3) is 0 Å². The molecule has 0 fully saturated rings. The molecular weight excluding hydrogens is 410 g/mol. The maximum Gasteiger partial charge on any atom is 0.315 e. The van der Waals surface area contributed by atoms with E-state index in [9.17, 15) is 14.9 Å². The van der Waals surface area contributed by atoms with Crippen LogP contribution in [0.2, 0.25) is 0 Å². The number of nitro groups is 1. The minimum absolute atomic E-state index is 0.0764. The zero-order valence-corrected chi connectivity index (χ0v) is 18.0. The number of nitro benzene ring substituents is 1. The number of aromatic nitrogens is 1. The van der Waals surface area contributed by atoms with Gasteiger partial charge in [0.15, 0.2) is 10.9 Å². The van der Waals surface area contributed by atoms with Crippen molar-refractivity contribution in [2.45, 2.75) is 39.5 Å². The van der Waals surface area contributed by atoms with Crippen molar-refractivity contribution in [2.24, 2.45) is 5.10 Å². The number of amides is 1. The molecule has 1 heterocycles. The number of anilines is 1. The van der Waals surface area contributed by atoms with Crippen LogP contribution in [0.3, 0.4) is 0 Å². The van der Waals surface area contributed by atoms with Gasteiger partial charge in [0.1, 0.15) is 4.88 Å². The van der Waals surface area contributed by atoms with Crippen LogP contribution < -0.4 is 20.6 Å². The summed E-state index contributed by atoms with van der Waals surface area (Å²) in [5.41, 5.74) is 8.77. The number of hydrogen-bond donors (Lipinski definition) is 2. The first-order valence-electron chi connectivity index (χ1n) is 9.49. The summed E-state index contributed by atoms with van der Waals surface area (Å²) in [6.07, 6.45) is 4.62. The number of hydrogen-bond acceptors (Lipinski definition) is 9. The molecule has 0 unspecified atom stereocenters. The Balaban J connectivity index is 2.19. The van der Waals surface area contributed by atoms with Crippen molar-refractivity contribution >= 4 is 34.3 Å². The highest BCUT2D eigenvalue weighted by Gasteiger charge is 2.22. The number of hydrazone groups is 1. The second kappa shape index (κ2) is 11.1. The van der Waals surface area contributed by atoms with E-state index in [1.165, 1.54) is 19.4 Å². The number of thiazole rings is 1. The van der Waals surface area contributed by atoms with Gasteiger partial charge in [-0.1, -0.05) is 38.0 Å². The molecule has 0 aliphatic carbocycles. The van der Waals surface area contributed by atoms with Crippen LogP contribution in [0.4, 0.5) is 10.8 Å². The van der Waals surface area contributed by atoms with Gasteiger partial charge in [0.2, 0.25) is 5.75 Å². The van der Waals surface area contributed by atoms with Crippen molar-refractivity contribution in [3.63, 3.8) is 0 Å². The molecule has 1 amide bonds. The third kappa shape index (κ3) is 5.89. The molecule has 0 aliphatic rings. The predicted octanol–water partition coefficient (Wildman–Crippen LogP) is 3.54. The quantitative estimate of drug-likeness (QED) is 0.238. The van der Waals surface area contributed by atoms with Gasteiger partial charge in [0, 0.05) is 11.6 Å². The minimum Gasteiger partial charge on any atom is -0.493 e. The van der Waals surface area contributed by atoms with Crippen LogP contribution in [0.5, 0.6) is 11.5 Å². The molecule has 3 N–H and O–H groups in total. The van der Waals surface area contributed by atoms with E-state index < -0.39 is 10.8 Å². The molecule has 10 nitrogen and oxygen atoms in total. The summed E-state index contributed by atoms with van der Waals surface area (Å²) in [4.78, 5) is 27.7. The van der Waals surface area contributed by atoms with Crippen LogP contribution in [0, 0.1) is 10.1 Å². The van der Waals surface area contributed by atoms with Crippen molar-refractivity contribution in [1.82, 2.24) is 10.4 Å². The Labute approximate surface area is 178 Å². The first kappa shape index (κ1) is 23.1. The van der Waals surface area contributed by atoms with Crippen LogP contribution in [0.15, 0.2) is 17.2 Å². The molecule has 0 atom stereocenters. The summed E-state index contributed by atoms with van der Waals surface area (Å²) in [6, 6.07) is 2.87. The fourth-order valence-corrected chi connectivity index (χ4v) is 3.46. The normalized spacial score (nSPS) is 10.9. The number of nitrogens with two attached hydrogens (primary N) is 1. The maximum atomic E-state index is 12.3. The predicted molar refractivity (Wildman–Crippen MR) is 116 cm³/mol. The number of ether oxygens (including phenoxy) is 2. The summed E-state index contributed by atoms with van der Waals surface area (Å²) < 4.78 is 10.9. The molecule has 0 aliphatic heterocycles. The zero-order chi connectivity index (χ0) is 22.1. The number of rotatable bonds is 11. The average molecular weight is 436 g/mol. The lowest BCUT2D eigenvalue weighted by Gasteiger charge is -2.11. The molecular formula is C19H25N5O5S. The Morgan fingerprint density at radius 1 is 1.40 bits per heavy atom. The fraction of sp³-hybridized carbons (Fsp3) is 0.421. The van der Waals surface area contributed by atoms with Crippen molar-refractivity contribution in [2.75, 3.05) is 19.5 Å². The zero-order valence-electron chi connectivity index (χ0n) is 17.1. The molecule has 0 saturated carbocycles. The summed E-state index contributed by atoms with van der Waals surface area (Å²) in [5, 5.41) is 15.7. The Kier molecular flexibility index (Phi) is 8.54. The van der Waals surface area contributed by atoms with Crippen LogP contribution in [-0.2, 0) is 6.42 Å². The number of aryl methyl sites for hydroxylation is 1. The van der Waals surface area contributed by atoms with Gasteiger partial charge < -0.3 is 15.2 Å². The topological polar surface area (TPSA) is 142 Å². The highest BCUT2D eigenvalue weighted by atomic mass is 32.1. The number of benzene rings is 1. The van der Waals surface area contributed by atoms with Gasteiger partial charge in [-0.3, -0.25) is 14.9 Å². The molecule has 0 radical (unpaired) electrons. The monoisotopic (exact) mass is 435 g/mol. The first-order chi connectivity index (χ1) is 14.4. The number of carbonyl (C=O) groups is 1. The number of carbonyl (C=O) groups excluding carboxylic acids is 1. The number of nitrogens with zero attached hydrogens (tertiary/aromatic N) is 3. The number of nitrogens with one attached hydrogen (secondary N) is 1. The van der Waals surface area contributed by atoms with E-state index in [1.807, 2.05) is 6.92 Å². The third-order valence-electron chi connectivity index (χ3n) is 4.10. The summed E-state index contributed by atoms with van der Waals surface area (Å²) in [6.45, 7) is 4.28. The molecule has 30 heavy (non-hydrogen) atoms. The molecule has 0 spiro atoms. The van der Waals surface area contributed by atoms with Gasteiger partial charge in [-0.2, -0.15) is 5.10 Å². The Hall–Kier alpha value is -3.21. The van der Waals surface area contributed by atoms with E-state index in [1.54, 1.807) is 6.07 Å². The molecule has 2 aromatic rings. The van der Waals surface area contributed by atoms with E-state index in [0.717, 1.165) is 30.6 Å². The van der Waals surface area contributed by atoms with Gasteiger partial charge in [0.05, 0.1) is 30.5 Å². The smallest absolute Gasteiger partial charge is 0.315 e. The number of methoxy groups -OCH3 is 1. The Bertz CT molecular complexity index is 928. The van der Waals surface area contributed by atoms with Gasteiger partial charge in [-0.25, -0.2) is 10.4 Å². The highest BCUT2D eigenvalue weighted by Crippen LogP contribution is 2.38. The first-order valence-corrected chi connectivity index (χ1v) is 10.3. The van der Waals surface area contributed by atoms with Crippen molar-refractivity contribution in [3.05, 3.63) is 38.4 Å². The van der Waals surface area contributed by atoms with Crippen molar-refractivity contribution in [3.8, 4) is 11.5 Å². The lowest BCUT2D eigenvalue weighted by atomic mass is 10.2. The highest BCUT2D eigenvalue weighted by molar-refractivity contribution is 7.17. The van der Waals surface area contributed by atoms with E-state index in [-0.39, 0.29) is 17.2 Å². The van der Waals surface area contributed by atoms with E-state index in [4.69, 9.17) is 15.2 Å². The number of nitrogen functional groups attached to an aromatic ring is 1. The number of unbranched alkanes of at least 4 members (excludes halogenated alkanes) is 2. The Morgan fingerprint density at radius 3 is 2.80 bits per heavy atom. The molecule has 0 saturated heterocycles. The van der Waals surface area contributed by atoms with Crippen molar-refractivity contribution < 1.29 is 19.2 Å². The average Bonchev–Trinajstić information content (AvgIpc) is 3.12. The molecule has 1 aromatic carbocycles. The van der Waals surface area contributed by atoms with E-state index in [0.29, 0.717) is 34.3 Å². The molecule has 11 heteroatoms. The summed E-state index contributed by atoms with van der Waals surface area (Å²) in [5.74, 6) is -0.154. The fourth-order valence-electron chi connectivity index (χ4n) is 2.64. The summed E-state index contributed by atoms with van der Waals surface area (Å²) in [7, 11) is 1.40. The van der Waals surface area contributed by atoms with E-state index in [2.05, 4.69) is 22.4 Å². The second-order valence-electron chi connectivity index (χ2n) is 6.26. The van der Waals surface area contributed by atoms with Crippen LogP contribution in [0.1, 0.15) is 54.0 Å². The van der Waals surface area contributed by atoms with Gasteiger partial charge >= 0.3 is 5.69 Å². The maximum absolute atomic E-state index is 12.3. The van der Waals surface area contributed by atoms with Gasteiger partial charge in [-0.15, -0.1) is 0 Å². The van der Waals surface area contributed by atoms with Crippen LogP contribution >= 0.6 is 11.3 Å². The van der Waals surface area contributed by atoms with Gasteiger partial charge in [-0.05, 0) is 18.9 Å². The van der Waals surface area contributed by atoms with Crippen LogP contribution in [-0.4, -0.2) is 35.7 Å². The molecule has 2 rings (SSSR count). The second-order valence-corrected chi connectivity index (χ2v) is 7.30. The summed E-state index contributed by atoms with van der Waals surface area (Å²) >= 11 is 1.07. The SMILES string of the molecule is CCCCCOc1c(OC)cc(/C=N\NC(=O)c2sc(N)nc2CC)cc1[N+](=O)[O-]. The van der Waals surface area contributed by atoms with Crippen molar-refractivity contribution in [1.29, 1.82) is 0 Å². The Morgan fingerprint density at radius 2 is 2.17 bits per heavy atom. The lowest BCUT2D eigenvalue weighted by molar-refractivity contribution is -0.386. The lowest BCUT2D eigenvalue weighted by Crippen LogP contribution is -2.17. The minimum atomic E-state index is -0.540. The molecule has 0 bridgehead atoms.